The fraction of sp³-hybridized carbons (Fsp3) is 0.933. The smallest absolute Gasteiger partial charge is 0.320 e. The van der Waals surface area contributed by atoms with E-state index in [0.717, 1.165) is 38.6 Å². The molecule has 1 heterocycles. The lowest BCUT2D eigenvalue weighted by Crippen LogP contribution is -2.42. The van der Waals surface area contributed by atoms with E-state index in [1.807, 2.05) is 0 Å². The molecule has 4 nitrogen and oxygen atoms in total. The molecule has 110 valence electrons. The van der Waals surface area contributed by atoms with Gasteiger partial charge in [0.25, 0.3) is 0 Å². The first kappa shape index (κ1) is 14.8. The van der Waals surface area contributed by atoms with Crippen molar-refractivity contribution >= 4 is 5.97 Å². The van der Waals surface area contributed by atoms with E-state index in [0.29, 0.717) is 12.0 Å². The molecule has 0 spiro atoms. The van der Waals surface area contributed by atoms with Crippen LogP contribution in [0.5, 0.6) is 0 Å². The van der Waals surface area contributed by atoms with Crippen molar-refractivity contribution in [3.05, 3.63) is 0 Å². The Morgan fingerprint density at radius 3 is 2.58 bits per heavy atom. The first-order chi connectivity index (χ1) is 9.24. The van der Waals surface area contributed by atoms with Gasteiger partial charge >= 0.3 is 5.97 Å². The number of aliphatic carboxylic acids is 1. The summed E-state index contributed by atoms with van der Waals surface area (Å²) in [5, 5.41) is 18.2. The van der Waals surface area contributed by atoms with Gasteiger partial charge in [-0.25, -0.2) is 0 Å². The Hall–Kier alpha value is -0.610. The van der Waals surface area contributed by atoms with Gasteiger partial charge in [-0.15, -0.1) is 0 Å². The number of likely N-dealkylation sites (tertiary alicyclic amines) is 1. The number of unbranched alkanes of at least 4 members (excludes halogenated alkanes) is 3. The summed E-state index contributed by atoms with van der Waals surface area (Å²) >= 11 is 0. The molecule has 0 aromatic carbocycles. The largest absolute Gasteiger partial charge is 0.480 e. The van der Waals surface area contributed by atoms with Crippen LogP contribution < -0.4 is 0 Å². The summed E-state index contributed by atoms with van der Waals surface area (Å²) < 4.78 is 0. The molecule has 1 aliphatic heterocycles. The summed E-state index contributed by atoms with van der Waals surface area (Å²) in [5.74, 6) is -0.0166. The van der Waals surface area contributed by atoms with E-state index >= 15 is 0 Å². The number of hydrogen-bond donors (Lipinski definition) is 2. The summed E-state index contributed by atoms with van der Waals surface area (Å²) in [7, 11) is 0. The highest BCUT2D eigenvalue weighted by Crippen LogP contribution is 2.39. The second-order valence-corrected chi connectivity index (χ2v) is 6.08. The maximum Gasteiger partial charge on any atom is 0.320 e. The van der Waals surface area contributed by atoms with Gasteiger partial charge in [0.15, 0.2) is 0 Å². The van der Waals surface area contributed by atoms with E-state index in [1.165, 1.54) is 25.7 Å². The number of carboxylic acid groups (broad SMARTS) is 1. The first-order valence-electron chi connectivity index (χ1n) is 7.83. The summed E-state index contributed by atoms with van der Waals surface area (Å²) in [4.78, 5) is 13.7. The van der Waals surface area contributed by atoms with Crippen molar-refractivity contribution in [2.75, 3.05) is 13.2 Å². The molecule has 0 aromatic heterocycles. The molecule has 1 saturated heterocycles. The molecule has 3 unspecified atom stereocenters. The van der Waals surface area contributed by atoms with E-state index in [9.17, 15) is 9.90 Å². The third-order valence-electron chi connectivity index (χ3n) is 4.83. The predicted molar refractivity (Wildman–Crippen MR) is 74.0 cm³/mol. The summed E-state index contributed by atoms with van der Waals surface area (Å²) in [6, 6.07) is 0.277. The van der Waals surface area contributed by atoms with Gasteiger partial charge in [-0.1, -0.05) is 25.7 Å². The Morgan fingerprint density at radius 2 is 1.84 bits per heavy atom. The van der Waals surface area contributed by atoms with Crippen LogP contribution in [0.25, 0.3) is 0 Å². The lowest BCUT2D eigenvalue weighted by Gasteiger charge is -2.33. The Labute approximate surface area is 115 Å². The van der Waals surface area contributed by atoms with Gasteiger partial charge in [0.05, 0.1) is 0 Å². The van der Waals surface area contributed by atoms with Crippen LogP contribution in [-0.4, -0.2) is 46.3 Å². The van der Waals surface area contributed by atoms with Crippen LogP contribution in [0, 0.1) is 5.92 Å². The van der Waals surface area contributed by atoms with Gasteiger partial charge < -0.3 is 10.2 Å². The number of fused-ring (bicyclic) bond motifs is 1. The van der Waals surface area contributed by atoms with E-state index in [2.05, 4.69) is 4.90 Å². The van der Waals surface area contributed by atoms with Crippen molar-refractivity contribution in [2.24, 2.45) is 5.92 Å². The average molecular weight is 269 g/mol. The van der Waals surface area contributed by atoms with Crippen molar-refractivity contribution < 1.29 is 15.0 Å². The molecule has 1 aliphatic carbocycles. The highest BCUT2D eigenvalue weighted by molar-refractivity contribution is 5.74. The molecular formula is C15H27NO3. The minimum absolute atomic E-state index is 0.244. The molecule has 0 amide bonds. The van der Waals surface area contributed by atoms with Crippen molar-refractivity contribution in [1.29, 1.82) is 0 Å². The minimum Gasteiger partial charge on any atom is -0.480 e. The average Bonchev–Trinajstić information content (AvgIpc) is 2.78. The summed E-state index contributed by atoms with van der Waals surface area (Å²) in [5.41, 5.74) is 0. The molecule has 2 N–H and O–H groups in total. The zero-order chi connectivity index (χ0) is 13.7. The van der Waals surface area contributed by atoms with E-state index in [-0.39, 0.29) is 12.6 Å². The maximum absolute atomic E-state index is 11.4. The molecule has 4 heteroatoms. The number of nitrogens with zero attached hydrogens (tertiary/aromatic N) is 1. The third kappa shape index (κ3) is 3.69. The van der Waals surface area contributed by atoms with Gasteiger partial charge in [-0.05, 0) is 44.6 Å². The molecule has 2 aliphatic rings. The van der Waals surface area contributed by atoms with Gasteiger partial charge in [-0.2, -0.15) is 0 Å². The van der Waals surface area contributed by atoms with Crippen LogP contribution in [0.1, 0.15) is 57.8 Å². The summed E-state index contributed by atoms with van der Waals surface area (Å²) in [6.07, 6.45) is 9.88. The standard InChI is InChI=1S/C15H27NO3/c17-10-6-2-1-5-9-16-13-8-4-3-7-12(13)11-14(16)15(18)19/h12-14,17H,1-11H2,(H,18,19). The molecule has 2 fully saturated rings. The Morgan fingerprint density at radius 1 is 1.11 bits per heavy atom. The molecule has 19 heavy (non-hydrogen) atoms. The number of carboxylic acids is 1. The van der Waals surface area contributed by atoms with Crippen LogP contribution in [0.3, 0.4) is 0 Å². The van der Waals surface area contributed by atoms with Crippen LogP contribution in [0.4, 0.5) is 0 Å². The molecule has 0 aromatic rings. The van der Waals surface area contributed by atoms with Gasteiger partial charge in [-0.3, -0.25) is 9.69 Å². The number of aliphatic hydroxyl groups is 1. The highest BCUT2D eigenvalue weighted by Gasteiger charge is 2.44. The third-order valence-corrected chi connectivity index (χ3v) is 4.83. The number of aliphatic hydroxyl groups excluding tert-OH is 1. The molecule has 3 atom stereocenters. The van der Waals surface area contributed by atoms with Crippen LogP contribution in [-0.2, 0) is 4.79 Å². The number of rotatable bonds is 7. The van der Waals surface area contributed by atoms with Crippen LogP contribution in [0.2, 0.25) is 0 Å². The highest BCUT2D eigenvalue weighted by atomic mass is 16.4. The normalized spacial score (nSPS) is 31.3. The first-order valence-corrected chi connectivity index (χ1v) is 7.83. The fourth-order valence-corrected chi connectivity index (χ4v) is 3.88. The second-order valence-electron chi connectivity index (χ2n) is 6.08. The Kier molecular flexibility index (Phi) is 5.64. The molecule has 0 radical (unpaired) electrons. The van der Waals surface area contributed by atoms with E-state index in [4.69, 9.17) is 5.11 Å². The van der Waals surface area contributed by atoms with Crippen molar-refractivity contribution in [2.45, 2.75) is 69.9 Å². The van der Waals surface area contributed by atoms with Crippen molar-refractivity contribution in [1.82, 2.24) is 4.90 Å². The van der Waals surface area contributed by atoms with Crippen molar-refractivity contribution in [3.8, 4) is 0 Å². The molecule has 1 saturated carbocycles. The quantitative estimate of drug-likeness (QED) is 0.696. The minimum atomic E-state index is -0.634. The lowest BCUT2D eigenvalue weighted by molar-refractivity contribution is -0.142. The topological polar surface area (TPSA) is 60.8 Å². The lowest BCUT2D eigenvalue weighted by atomic mass is 9.85. The Bertz CT molecular complexity index is 295. The molecular weight excluding hydrogens is 242 g/mol. The SMILES string of the molecule is O=C(O)C1CC2CCCCC2N1CCCCCCO. The van der Waals surface area contributed by atoms with E-state index < -0.39 is 5.97 Å². The number of carbonyl (C=O) groups is 1. The van der Waals surface area contributed by atoms with Gasteiger partial charge in [0.1, 0.15) is 6.04 Å². The van der Waals surface area contributed by atoms with Gasteiger partial charge in [0, 0.05) is 12.6 Å². The van der Waals surface area contributed by atoms with Crippen LogP contribution >= 0.6 is 0 Å². The number of hydrogen-bond acceptors (Lipinski definition) is 3. The Balaban J connectivity index is 1.85. The zero-order valence-corrected chi connectivity index (χ0v) is 11.8. The zero-order valence-electron chi connectivity index (χ0n) is 11.8. The van der Waals surface area contributed by atoms with Gasteiger partial charge in [0.2, 0.25) is 0 Å². The predicted octanol–water partition coefficient (Wildman–Crippen LogP) is 2.26. The van der Waals surface area contributed by atoms with Crippen LogP contribution in [0.15, 0.2) is 0 Å². The fourth-order valence-electron chi connectivity index (χ4n) is 3.88. The summed E-state index contributed by atoms with van der Waals surface area (Å²) in [6.45, 7) is 1.19. The molecule has 0 bridgehead atoms. The second kappa shape index (κ2) is 7.25. The monoisotopic (exact) mass is 269 g/mol. The van der Waals surface area contributed by atoms with E-state index in [1.54, 1.807) is 0 Å². The van der Waals surface area contributed by atoms with Crippen molar-refractivity contribution in [3.63, 3.8) is 0 Å². The maximum atomic E-state index is 11.4. The molecule has 2 rings (SSSR count).